The van der Waals surface area contributed by atoms with Gasteiger partial charge in [-0.3, -0.25) is 9.89 Å². The summed E-state index contributed by atoms with van der Waals surface area (Å²) < 4.78 is 25.3. The Morgan fingerprint density at radius 1 is 1.28 bits per heavy atom. The van der Waals surface area contributed by atoms with E-state index < -0.39 is 17.3 Å². The van der Waals surface area contributed by atoms with Crippen LogP contribution in [0.3, 0.4) is 0 Å². The first-order valence-electron chi connectivity index (χ1n) is 8.28. The summed E-state index contributed by atoms with van der Waals surface area (Å²) in [7, 11) is 1.39. The van der Waals surface area contributed by atoms with E-state index in [2.05, 4.69) is 15.3 Å². The van der Waals surface area contributed by atoms with Gasteiger partial charge in [0.25, 0.3) is 5.56 Å². The quantitative estimate of drug-likeness (QED) is 0.298. The van der Waals surface area contributed by atoms with E-state index in [1.807, 2.05) is 0 Å². The molecule has 0 atom stereocenters. The van der Waals surface area contributed by atoms with E-state index in [-0.39, 0.29) is 27.5 Å². The van der Waals surface area contributed by atoms with Gasteiger partial charge in [-0.1, -0.05) is 12.1 Å². The predicted octanol–water partition coefficient (Wildman–Crippen LogP) is 2.86. The average molecular weight is 414 g/mol. The van der Waals surface area contributed by atoms with Gasteiger partial charge >= 0.3 is 5.97 Å². The smallest absolute Gasteiger partial charge is 0.346 e. The molecule has 1 N–H and O–H groups in total. The van der Waals surface area contributed by atoms with Crippen molar-refractivity contribution < 1.29 is 18.7 Å². The van der Waals surface area contributed by atoms with E-state index in [4.69, 9.17) is 21.7 Å². The van der Waals surface area contributed by atoms with Crippen molar-refractivity contribution in [2.24, 2.45) is 5.10 Å². The van der Waals surface area contributed by atoms with Gasteiger partial charge in [0.1, 0.15) is 11.5 Å². The molecule has 0 bridgehead atoms. The molecular formula is C19H15FN4O4S. The van der Waals surface area contributed by atoms with Crippen molar-refractivity contribution in [3.8, 4) is 11.5 Å². The predicted molar refractivity (Wildman–Crippen MR) is 106 cm³/mol. The lowest BCUT2D eigenvalue weighted by Gasteiger charge is -2.10. The van der Waals surface area contributed by atoms with Crippen molar-refractivity contribution in [2.75, 3.05) is 7.11 Å². The first-order chi connectivity index (χ1) is 13.9. The Labute approximate surface area is 169 Å². The van der Waals surface area contributed by atoms with E-state index in [0.717, 1.165) is 4.68 Å². The van der Waals surface area contributed by atoms with Gasteiger partial charge < -0.3 is 9.47 Å². The van der Waals surface area contributed by atoms with Crippen molar-refractivity contribution in [2.45, 2.75) is 6.92 Å². The molecule has 10 heteroatoms. The highest BCUT2D eigenvalue weighted by Crippen LogP contribution is 2.28. The van der Waals surface area contributed by atoms with Gasteiger partial charge in [-0.25, -0.2) is 9.18 Å². The molecule has 8 nitrogen and oxygen atoms in total. The third-order valence-electron chi connectivity index (χ3n) is 3.82. The molecule has 0 saturated carbocycles. The second kappa shape index (κ2) is 8.57. The lowest BCUT2D eigenvalue weighted by molar-refractivity contribution is 0.0725. The molecule has 0 aliphatic heterocycles. The molecule has 0 aliphatic rings. The maximum absolute atomic E-state index is 13.8. The fourth-order valence-corrected chi connectivity index (χ4v) is 2.51. The number of aromatic nitrogens is 3. The van der Waals surface area contributed by atoms with Crippen LogP contribution in [0.5, 0.6) is 11.5 Å². The zero-order chi connectivity index (χ0) is 21.0. The third kappa shape index (κ3) is 4.43. The second-order valence-corrected chi connectivity index (χ2v) is 6.14. The number of rotatable bonds is 5. The number of carbonyl (C=O) groups is 1. The van der Waals surface area contributed by atoms with Crippen LogP contribution in [-0.2, 0) is 0 Å². The minimum Gasteiger partial charge on any atom is -0.493 e. The van der Waals surface area contributed by atoms with Crippen molar-refractivity contribution in [3.63, 3.8) is 0 Å². The number of hydrogen-bond acceptors (Lipinski definition) is 7. The lowest BCUT2D eigenvalue weighted by Crippen LogP contribution is -2.22. The Balaban J connectivity index is 1.87. The summed E-state index contributed by atoms with van der Waals surface area (Å²) in [4.78, 5) is 24.3. The van der Waals surface area contributed by atoms with Crippen molar-refractivity contribution in [3.05, 3.63) is 80.2 Å². The van der Waals surface area contributed by atoms with Gasteiger partial charge in [-0.2, -0.15) is 14.9 Å². The summed E-state index contributed by atoms with van der Waals surface area (Å²) in [6, 6.07) is 10.1. The summed E-state index contributed by atoms with van der Waals surface area (Å²) >= 11 is 5.01. The van der Waals surface area contributed by atoms with Gasteiger partial charge in [-0.15, -0.1) is 0 Å². The molecular weight excluding hydrogens is 399 g/mol. The van der Waals surface area contributed by atoms with Crippen molar-refractivity contribution in [1.82, 2.24) is 14.9 Å². The van der Waals surface area contributed by atoms with Crippen LogP contribution in [0.4, 0.5) is 4.39 Å². The standard InChI is InChI=1S/C19H15FN4O4S/c1-11-17(25)24(19(29)23-22-11)21-10-12-7-8-15(16(9-12)27-2)28-18(26)13-5-3-4-6-14(13)20/h3-10H,1-2H3,(H,23,29)/b21-10+. The summed E-state index contributed by atoms with van der Waals surface area (Å²) in [5.41, 5.74) is 0.112. The summed E-state index contributed by atoms with van der Waals surface area (Å²) in [5, 5.41) is 10.3. The molecule has 29 heavy (non-hydrogen) atoms. The minimum absolute atomic E-state index is 0.0410. The van der Waals surface area contributed by atoms with Gasteiger partial charge in [0.2, 0.25) is 4.77 Å². The fraction of sp³-hybridized carbons (Fsp3) is 0.105. The van der Waals surface area contributed by atoms with Crippen LogP contribution >= 0.6 is 12.2 Å². The molecule has 0 fully saturated rings. The van der Waals surface area contributed by atoms with Gasteiger partial charge in [-0.05, 0) is 55.0 Å². The Kier molecular flexibility index (Phi) is 5.93. The number of halogens is 1. The number of nitrogens with one attached hydrogen (secondary N) is 1. The van der Waals surface area contributed by atoms with E-state index in [1.165, 1.54) is 50.6 Å². The highest BCUT2D eigenvalue weighted by Gasteiger charge is 2.16. The molecule has 3 aromatic rings. The maximum Gasteiger partial charge on any atom is 0.346 e. The Bertz CT molecular complexity index is 1220. The Morgan fingerprint density at radius 2 is 2.03 bits per heavy atom. The Morgan fingerprint density at radius 3 is 2.76 bits per heavy atom. The zero-order valence-corrected chi connectivity index (χ0v) is 16.2. The molecule has 0 radical (unpaired) electrons. The van der Waals surface area contributed by atoms with Crippen LogP contribution in [0.2, 0.25) is 0 Å². The SMILES string of the molecule is COc1cc(/C=N/n2c(=S)[nH]nc(C)c2=O)ccc1OC(=O)c1ccccc1F. The molecule has 0 saturated heterocycles. The Hall–Kier alpha value is -3.66. The molecule has 0 spiro atoms. The van der Waals surface area contributed by atoms with E-state index in [9.17, 15) is 14.0 Å². The maximum atomic E-state index is 13.8. The molecule has 1 aromatic heterocycles. The fourth-order valence-electron chi connectivity index (χ4n) is 2.33. The molecule has 1 heterocycles. The van der Waals surface area contributed by atoms with Crippen LogP contribution in [-0.4, -0.2) is 34.2 Å². The van der Waals surface area contributed by atoms with Crippen LogP contribution < -0.4 is 15.0 Å². The van der Waals surface area contributed by atoms with E-state index in [1.54, 1.807) is 12.1 Å². The van der Waals surface area contributed by atoms with Crippen LogP contribution in [0.15, 0.2) is 52.4 Å². The summed E-state index contributed by atoms with van der Waals surface area (Å²) in [5.74, 6) is -1.21. The summed E-state index contributed by atoms with van der Waals surface area (Å²) in [6.07, 6.45) is 1.38. The normalized spacial score (nSPS) is 10.9. The van der Waals surface area contributed by atoms with Crippen LogP contribution in [0, 0.1) is 17.5 Å². The highest BCUT2D eigenvalue weighted by atomic mass is 32.1. The molecule has 3 rings (SSSR count). The number of carbonyl (C=O) groups excluding carboxylic acids is 1. The number of aryl methyl sites for hydroxylation is 1. The minimum atomic E-state index is -0.854. The van der Waals surface area contributed by atoms with Gasteiger partial charge in [0, 0.05) is 0 Å². The number of esters is 1. The highest BCUT2D eigenvalue weighted by molar-refractivity contribution is 7.71. The number of nitrogens with zero attached hydrogens (tertiary/aromatic N) is 3. The number of H-pyrrole nitrogens is 1. The second-order valence-electron chi connectivity index (χ2n) is 5.76. The molecule has 0 unspecified atom stereocenters. The molecule has 0 amide bonds. The summed E-state index contributed by atoms with van der Waals surface area (Å²) in [6.45, 7) is 1.53. The van der Waals surface area contributed by atoms with Crippen molar-refractivity contribution in [1.29, 1.82) is 0 Å². The first-order valence-corrected chi connectivity index (χ1v) is 8.69. The third-order valence-corrected chi connectivity index (χ3v) is 4.08. The van der Waals surface area contributed by atoms with Crippen LogP contribution in [0.1, 0.15) is 21.6 Å². The first kappa shape index (κ1) is 20.1. The monoisotopic (exact) mass is 414 g/mol. The average Bonchev–Trinajstić information content (AvgIpc) is 2.72. The largest absolute Gasteiger partial charge is 0.493 e. The number of methoxy groups -OCH3 is 1. The zero-order valence-electron chi connectivity index (χ0n) is 15.4. The van der Waals surface area contributed by atoms with Gasteiger partial charge in [0.05, 0.1) is 18.9 Å². The lowest BCUT2D eigenvalue weighted by atomic mass is 10.2. The molecule has 148 valence electrons. The number of aromatic amines is 1. The van der Waals surface area contributed by atoms with E-state index in [0.29, 0.717) is 5.56 Å². The molecule has 2 aromatic carbocycles. The van der Waals surface area contributed by atoms with Crippen LogP contribution in [0.25, 0.3) is 0 Å². The number of hydrogen-bond donors (Lipinski definition) is 1. The topological polar surface area (TPSA) is 98.6 Å². The number of benzene rings is 2. The van der Waals surface area contributed by atoms with Crippen molar-refractivity contribution >= 4 is 24.4 Å². The van der Waals surface area contributed by atoms with E-state index >= 15 is 0 Å². The molecule has 0 aliphatic carbocycles. The number of ether oxygens (including phenoxy) is 2. The van der Waals surface area contributed by atoms with Gasteiger partial charge in [0.15, 0.2) is 11.5 Å².